The molecular formula is C27H53NO3S. The van der Waals surface area contributed by atoms with Crippen LogP contribution < -0.4 is 5.73 Å². The number of unbranched alkanes of at least 4 members (excludes halogenated alkanes) is 11. The van der Waals surface area contributed by atoms with Gasteiger partial charge in [-0.3, -0.25) is 4.79 Å². The van der Waals surface area contributed by atoms with Gasteiger partial charge in [0.25, 0.3) is 0 Å². The van der Waals surface area contributed by atoms with E-state index in [-0.39, 0.29) is 18.4 Å². The highest BCUT2D eigenvalue weighted by atomic mass is 32.2. The normalized spacial score (nSPS) is 14.2. The van der Waals surface area contributed by atoms with Crippen LogP contribution in [-0.2, 0) is 9.59 Å². The number of hydrogen-bond acceptors (Lipinski definition) is 4. The molecule has 3 N–H and O–H groups in total. The van der Waals surface area contributed by atoms with Crippen LogP contribution in [0.3, 0.4) is 0 Å². The summed E-state index contributed by atoms with van der Waals surface area (Å²) in [6.07, 6.45) is 22.7. The predicted octanol–water partition coefficient (Wildman–Crippen LogP) is 7.62. The van der Waals surface area contributed by atoms with Crippen LogP contribution in [0, 0.1) is 11.8 Å². The maximum atomic E-state index is 11.7. The summed E-state index contributed by atoms with van der Waals surface area (Å²) in [5.41, 5.74) is 6.51. The second-order valence-electron chi connectivity index (χ2n) is 9.58. The zero-order valence-corrected chi connectivity index (χ0v) is 22.0. The largest absolute Gasteiger partial charge is 0.481 e. The van der Waals surface area contributed by atoms with Crippen LogP contribution in [0.25, 0.3) is 0 Å². The fraction of sp³-hybridized carbons (Fsp3) is 0.926. The molecule has 0 heterocycles. The number of rotatable bonds is 25. The summed E-state index contributed by atoms with van der Waals surface area (Å²) in [7, 11) is 0. The molecule has 0 rings (SSSR count). The minimum atomic E-state index is -0.760. The number of aliphatic carboxylic acids is 1. The van der Waals surface area contributed by atoms with Crippen molar-refractivity contribution in [2.45, 2.75) is 135 Å². The van der Waals surface area contributed by atoms with Crippen molar-refractivity contribution >= 4 is 24.0 Å². The number of carbonyl (C=O) groups is 2. The Kier molecular flexibility index (Phi) is 23.2. The molecule has 4 nitrogen and oxygen atoms in total. The maximum absolute atomic E-state index is 11.7. The summed E-state index contributed by atoms with van der Waals surface area (Å²) >= 11 is 1.61. The Morgan fingerprint density at radius 1 is 0.812 bits per heavy atom. The smallest absolute Gasteiger partial charge is 0.304 e. The summed E-state index contributed by atoms with van der Waals surface area (Å²) in [4.78, 5) is 22.3. The summed E-state index contributed by atoms with van der Waals surface area (Å²) in [5, 5.41) is 8.74. The maximum Gasteiger partial charge on any atom is 0.304 e. The highest BCUT2D eigenvalue weighted by molar-refractivity contribution is 7.99. The molecule has 0 aromatic heterocycles. The van der Waals surface area contributed by atoms with E-state index in [4.69, 9.17) is 10.8 Å². The second-order valence-corrected chi connectivity index (χ2v) is 10.8. The highest BCUT2D eigenvalue weighted by Crippen LogP contribution is 2.26. The lowest BCUT2D eigenvalue weighted by molar-refractivity contribution is -0.136. The van der Waals surface area contributed by atoms with Gasteiger partial charge in [-0.2, -0.15) is 11.8 Å². The van der Waals surface area contributed by atoms with Gasteiger partial charge < -0.3 is 15.6 Å². The lowest BCUT2D eigenvalue weighted by atomic mass is 9.84. The number of carboxylic acid groups (broad SMARTS) is 1. The van der Waals surface area contributed by atoms with Crippen LogP contribution in [0.15, 0.2) is 0 Å². The van der Waals surface area contributed by atoms with Gasteiger partial charge in [-0.25, -0.2) is 0 Å². The molecule has 0 bridgehead atoms. The number of hydrogen-bond donors (Lipinski definition) is 2. The first kappa shape index (κ1) is 31.4. The van der Waals surface area contributed by atoms with Crippen molar-refractivity contribution in [2.75, 3.05) is 11.5 Å². The Morgan fingerprint density at radius 3 is 1.78 bits per heavy atom. The van der Waals surface area contributed by atoms with Gasteiger partial charge >= 0.3 is 5.97 Å². The Balaban J connectivity index is 4.37. The van der Waals surface area contributed by atoms with E-state index in [2.05, 4.69) is 13.8 Å². The third-order valence-electron chi connectivity index (χ3n) is 6.57. The topological polar surface area (TPSA) is 80.4 Å². The average molecular weight is 472 g/mol. The van der Waals surface area contributed by atoms with E-state index in [9.17, 15) is 9.59 Å². The second kappa shape index (κ2) is 23.6. The number of aldehydes is 1. The SMILES string of the molecule is CCCCCCCCCC(CCCCCCCC)CC(N)C(C=O)CCSCCC(=O)O. The molecule has 32 heavy (non-hydrogen) atoms. The molecule has 0 aromatic rings. The lowest BCUT2D eigenvalue weighted by Crippen LogP contribution is -2.34. The van der Waals surface area contributed by atoms with Crippen molar-refractivity contribution in [2.24, 2.45) is 17.6 Å². The van der Waals surface area contributed by atoms with Crippen molar-refractivity contribution in [1.82, 2.24) is 0 Å². The molecule has 0 aliphatic rings. The van der Waals surface area contributed by atoms with E-state index in [1.54, 1.807) is 11.8 Å². The van der Waals surface area contributed by atoms with E-state index in [0.717, 1.165) is 24.9 Å². The van der Waals surface area contributed by atoms with Crippen molar-refractivity contribution in [3.8, 4) is 0 Å². The van der Waals surface area contributed by atoms with E-state index in [0.29, 0.717) is 11.7 Å². The molecule has 0 saturated heterocycles. The van der Waals surface area contributed by atoms with Crippen molar-refractivity contribution in [3.05, 3.63) is 0 Å². The van der Waals surface area contributed by atoms with Gasteiger partial charge in [0.15, 0.2) is 0 Å². The predicted molar refractivity (Wildman–Crippen MR) is 140 cm³/mol. The Labute approximate surface area is 203 Å². The molecule has 0 saturated carbocycles. The van der Waals surface area contributed by atoms with Gasteiger partial charge in [0.2, 0.25) is 0 Å². The van der Waals surface area contributed by atoms with Gasteiger partial charge in [-0.1, -0.05) is 110 Å². The highest BCUT2D eigenvalue weighted by Gasteiger charge is 2.21. The molecule has 3 atom stereocenters. The molecule has 190 valence electrons. The molecule has 0 amide bonds. The molecule has 3 unspecified atom stereocenters. The molecule has 5 heteroatoms. The minimum absolute atomic E-state index is 0.0674. The van der Waals surface area contributed by atoms with Crippen LogP contribution in [0.2, 0.25) is 0 Å². The standard InChI is InChI=1S/C27H53NO3S/c1-3-5-7-9-11-13-15-17-24(16-14-12-10-8-6-4-2)22-26(28)25(23-29)18-20-32-21-19-27(30)31/h23-26H,3-22,28H2,1-2H3,(H,30,31). The van der Waals surface area contributed by atoms with E-state index in [1.165, 1.54) is 96.3 Å². The first-order chi connectivity index (χ1) is 15.5. The van der Waals surface area contributed by atoms with Gasteiger partial charge in [0.1, 0.15) is 6.29 Å². The third kappa shape index (κ3) is 20.1. The van der Waals surface area contributed by atoms with E-state index in [1.807, 2.05) is 0 Å². The van der Waals surface area contributed by atoms with Crippen LogP contribution >= 0.6 is 11.8 Å². The molecule has 0 aliphatic heterocycles. The molecule has 0 aromatic carbocycles. The average Bonchev–Trinajstić information content (AvgIpc) is 2.77. The Morgan fingerprint density at radius 2 is 1.31 bits per heavy atom. The minimum Gasteiger partial charge on any atom is -0.481 e. The fourth-order valence-electron chi connectivity index (χ4n) is 4.41. The van der Waals surface area contributed by atoms with Crippen LogP contribution in [0.1, 0.15) is 129 Å². The molecule has 0 fully saturated rings. The quantitative estimate of drug-likeness (QED) is 0.106. The zero-order valence-electron chi connectivity index (χ0n) is 21.2. The summed E-state index contributed by atoms with van der Waals surface area (Å²) in [5.74, 6) is 1.19. The van der Waals surface area contributed by atoms with Gasteiger partial charge in [0, 0.05) is 17.7 Å². The lowest BCUT2D eigenvalue weighted by Gasteiger charge is -2.25. The zero-order chi connectivity index (χ0) is 23.9. The number of carbonyl (C=O) groups excluding carboxylic acids is 1. The summed E-state index contributed by atoms with van der Waals surface area (Å²) in [6, 6.07) is -0.0674. The first-order valence-corrected chi connectivity index (χ1v) is 14.7. The number of thioether (sulfide) groups is 1. The molecule has 0 aliphatic carbocycles. The van der Waals surface area contributed by atoms with Crippen LogP contribution in [-0.4, -0.2) is 34.9 Å². The van der Waals surface area contributed by atoms with Gasteiger partial charge in [-0.15, -0.1) is 0 Å². The van der Waals surface area contributed by atoms with Gasteiger partial charge in [-0.05, 0) is 24.5 Å². The fourth-order valence-corrected chi connectivity index (χ4v) is 5.37. The van der Waals surface area contributed by atoms with E-state index < -0.39 is 5.97 Å². The molecular weight excluding hydrogens is 418 g/mol. The van der Waals surface area contributed by atoms with E-state index >= 15 is 0 Å². The first-order valence-electron chi connectivity index (χ1n) is 13.5. The van der Waals surface area contributed by atoms with Crippen molar-refractivity contribution < 1.29 is 14.7 Å². The van der Waals surface area contributed by atoms with Crippen molar-refractivity contribution in [3.63, 3.8) is 0 Å². The van der Waals surface area contributed by atoms with Crippen LogP contribution in [0.4, 0.5) is 0 Å². The summed E-state index contributed by atoms with van der Waals surface area (Å²) < 4.78 is 0. The monoisotopic (exact) mass is 471 g/mol. The Hall–Kier alpha value is -0.550. The molecule has 0 radical (unpaired) electrons. The number of carboxylic acids is 1. The third-order valence-corrected chi connectivity index (χ3v) is 7.59. The summed E-state index contributed by atoms with van der Waals surface area (Å²) in [6.45, 7) is 4.52. The van der Waals surface area contributed by atoms with Gasteiger partial charge in [0.05, 0.1) is 6.42 Å². The number of nitrogens with two attached hydrogens (primary N) is 1. The van der Waals surface area contributed by atoms with Crippen molar-refractivity contribution in [1.29, 1.82) is 0 Å². The molecule has 0 spiro atoms. The van der Waals surface area contributed by atoms with Crippen LogP contribution in [0.5, 0.6) is 0 Å². The Bertz CT molecular complexity index is 433.